The number of likely N-dealkylation sites (tertiary alicyclic amines) is 1. The maximum atomic E-state index is 10.6. The number of aromatic nitrogens is 7. The quantitative estimate of drug-likeness (QED) is 0.507. The first-order chi connectivity index (χ1) is 15.2. The molecule has 166 valence electrons. The summed E-state index contributed by atoms with van der Waals surface area (Å²) in [5.74, 6) is 0.128. The topological polar surface area (TPSA) is 109 Å². The minimum Gasteiger partial charge on any atom is -0.507 e. The maximum absolute atomic E-state index is 10.6. The zero-order valence-corrected chi connectivity index (χ0v) is 19.0. The summed E-state index contributed by atoms with van der Waals surface area (Å²) in [6, 6.07) is 7.48. The van der Waals surface area contributed by atoms with Gasteiger partial charge in [0.1, 0.15) is 11.3 Å². The van der Waals surface area contributed by atoms with Gasteiger partial charge in [-0.2, -0.15) is 5.10 Å². The smallest absolute Gasteiger partial charge is 0.201 e. The fourth-order valence-corrected chi connectivity index (χ4v) is 4.96. The molecule has 0 saturated carbocycles. The number of phenols is 1. The number of H-pyrrole nitrogens is 1. The Morgan fingerprint density at radius 3 is 2.41 bits per heavy atom. The predicted molar refractivity (Wildman–Crippen MR) is 122 cm³/mol. The van der Waals surface area contributed by atoms with Crippen LogP contribution in [0.25, 0.3) is 33.5 Å². The molecule has 0 unspecified atom stereocenters. The van der Waals surface area contributed by atoms with Crippen molar-refractivity contribution in [3.8, 4) is 28.1 Å². The van der Waals surface area contributed by atoms with Crippen molar-refractivity contribution in [3.63, 3.8) is 0 Å². The number of nitrogens with zero attached hydrogens (tertiary/aromatic N) is 7. The van der Waals surface area contributed by atoms with Gasteiger partial charge in [-0.15, -0.1) is 15.3 Å². The number of nitrogens with one attached hydrogen (secondary N) is 1. The third kappa shape index (κ3) is 3.33. The Kier molecular flexibility index (Phi) is 4.56. The second kappa shape index (κ2) is 7.09. The van der Waals surface area contributed by atoms with Crippen molar-refractivity contribution < 1.29 is 5.11 Å². The minimum atomic E-state index is 0.0284. The third-order valence-electron chi connectivity index (χ3n) is 6.96. The average molecular weight is 433 g/mol. The van der Waals surface area contributed by atoms with E-state index in [9.17, 15) is 5.11 Å². The van der Waals surface area contributed by atoms with Crippen LogP contribution in [0.1, 0.15) is 46.6 Å². The Hall–Kier alpha value is -3.33. The Balaban J connectivity index is 1.49. The zero-order valence-electron chi connectivity index (χ0n) is 19.0. The van der Waals surface area contributed by atoms with Crippen LogP contribution in [0.15, 0.2) is 36.7 Å². The van der Waals surface area contributed by atoms with Crippen LogP contribution in [0, 0.1) is 0 Å². The van der Waals surface area contributed by atoms with Crippen LogP contribution < -0.4 is 0 Å². The molecule has 4 heterocycles. The number of hydrogen-bond acceptors (Lipinski definition) is 7. The number of fused-ring (bicyclic) bond motifs is 1. The maximum Gasteiger partial charge on any atom is 0.201 e. The highest BCUT2D eigenvalue weighted by atomic mass is 16.3. The van der Waals surface area contributed by atoms with Crippen molar-refractivity contribution >= 4 is 11.2 Å². The van der Waals surface area contributed by atoms with Crippen LogP contribution in [0.5, 0.6) is 5.75 Å². The lowest BCUT2D eigenvalue weighted by Crippen LogP contribution is -2.58. The zero-order chi connectivity index (χ0) is 22.7. The molecule has 0 amide bonds. The summed E-state index contributed by atoms with van der Waals surface area (Å²) in [6.45, 7) is 9.05. The van der Waals surface area contributed by atoms with E-state index < -0.39 is 0 Å². The van der Waals surface area contributed by atoms with Crippen molar-refractivity contribution in [2.75, 3.05) is 7.05 Å². The lowest BCUT2D eigenvalue weighted by molar-refractivity contribution is -0.0280. The van der Waals surface area contributed by atoms with Crippen LogP contribution in [0.3, 0.4) is 0 Å². The molecule has 1 fully saturated rings. The molecule has 1 aliphatic heterocycles. The molecule has 4 aromatic rings. The second-order valence-corrected chi connectivity index (χ2v) is 9.94. The summed E-state index contributed by atoms with van der Waals surface area (Å²) in [4.78, 5) is 2.44. The third-order valence-corrected chi connectivity index (χ3v) is 6.96. The van der Waals surface area contributed by atoms with Crippen molar-refractivity contribution in [1.82, 2.24) is 40.3 Å². The molecule has 9 heteroatoms. The Labute approximate surface area is 186 Å². The van der Waals surface area contributed by atoms with Crippen molar-refractivity contribution in [2.24, 2.45) is 0 Å². The van der Waals surface area contributed by atoms with Gasteiger partial charge >= 0.3 is 0 Å². The average Bonchev–Trinajstić information content (AvgIpc) is 3.41. The van der Waals surface area contributed by atoms with Gasteiger partial charge in [0.05, 0.1) is 17.9 Å². The van der Waals surface area contributed by atoms with E-state index in [-0.39, 0.29) is 22.9 Å². The number of benzene rings is 1. The van der Waals surface area contributed by atoms with Gasteiger partial charge < -0.3 is 5.11 Å². The second-order valence-electron chi connectivity index (χ2n) is 9.94. The largest absolute Gasteiger partial charge is 0.507 e. The van der Waals surface area contributed by atoms with E-state index in [1.165, 1.54) is 0 Å². The fraction of sp³-hybridized carbons (Fsp3) is 0.435. The molecule has 0 radical (unpaired) electrons. The monoisotopic (exact) mass is 432 g/mol. The van der Waals surface area contributed by atoms with Crippen LogP contribution in [-0.2, 0) is 0 Å². The molecule has 0 atom stereocenters. The Morgan fingerprint density at radius 1 is 1.00 bits per heavy atom. The number of aromatic amines is 1. The molecule has 1 aliphatic rings. The van der Waals surface area contributed by atoms with Gasteiger partial charge in [-0.1, -0.05) is 11.3 Å². The molecule has 1 aromatic carbocycles. The van der Waals surface area contributed by atoms with E-state index in [2.05, 4.69) is 70.3 Å². The molecule has 5 rings (SSSR count). The summed E-state index contributed by atoms with van der Waals surface area (Å²) >= 11 is 0. The number of piperidine rings is 1. The molecule has 0 bridgehead atoms. The van der Waals surface area contributed by atoms with Gasteiger partial charge in [0.25, 0.3) is 0 Å². The molecule has 2 N–H and O–H groups in total. The summed E-state index contributed by atoms with van der Waals surface area (Å²) < 4.78 is 1.92. The summed E-state index contributed by atoms with van der Waals surface area (Å²) in [7, 11) is 2.19. The van der Waals surface area contributed by atoms with Gasteiger partial charge in [0.2, 0.25) is 5.65 Å². The highest BCUT2D eigenvalue weighted by Gasteiger charge is 2.44. The molecule has 3 aromatic heterocycles. The van der Waals surface area contributed by atoms with E-state index in [1.54, 1.807) is 18.5 Å². The normalized spacial score (nSPS) is 18.9. The minimum absolute atomic E-state index is 0.0284. The first-order valence-electron chi connectivity index (χ1n) is 10.8. The summed E-state index contributed by atoms with van der Waals surface area (Å²) in [6.07, 6.45) is 5.39. The molecule has 1 saturated heterocycles. The van der Waals surface area contributed by atoms with Crippen molar-refractivity contribution in [1.29, 1.82) is 0 Å². The summed E-state index contributed by atoms with van der Waals surface area (Å²) in [5, 5.41) is 35.1. The molecule has 0 aliphatic carbocycles. The van der Waals surface area contributed by atoms with Gasteiger partial charge in [0.15, 0.2) is 0 Å². The standard InChI is InChI=1S/C23H28N8O/c1-22(2)10-16(11-23(3,4)30(22)5)31-21-19(27-29-31)9-18(26-28-21)17-7-6-14(8-20(17)32)15-12-24-25-13-15/h6-9,12-13,16,32H,10-11H2,1-5H3,(H,24,25). The van der Waals surface area contributed by atoms with Gasteiger partial charge in [-0.05, 0) is 71.3 Å². The van der Waals surface area contributed by atoms with Crippen LogP contribution in [0.4, 0.5) is 0 Å². The number of rotatable bonds is 3. The van der Waals surface area contributed by atoms with E-state index >= 15 is 0 Å². The number of phenolic OH excluding ortho intramolecular Hbond substituents is 1. The molecule has 0 spiro atoms. The first-order valence-corrected chi connectivity index (χ1v) is 10.8. The van der Waals surface area contributed by atoms with Crippen LogP contribution in [0.2, 0.25) is 0 Å². The van der Waals surface area contributed by atoms with E-state index in [0.29, 0.717) is 22.4 Å². The summed E-state index contributed by atoms with van der Waals surface area (Å²) in [5.41, 5.74) is 4.33. The van der Waals surface area contributed by atoms with E-state index in [1.807, 2.05) is 22.9 Å². The van der Waals surface area contributed by atoms with Crippen LogP contribution >= 0.6 is 0 Å². The van der Waals surface area contributed by atoms with Gasteiger partial charge in [-0.25, -0.2) is 4.68 Å². The first kappa shape index (κ1) is 20.6. The van der Waals surface area contributed by atoms with E-state index in [0.717, 1.165) is 24.0 Å². The molecular formula is C23H28N8O. The lowest BCUT2D eigenvalue weighted by Gasteiger charge is -2.53. The highest BCUT2D eigenvalue weighted by molar-refractivity contribution is 5.79. The Bertz CT molecular complexity index is 1260. The molecule has 32 heavy (non-hydrogen) atoms. The van der Waals surface area contributed by atoms with Gasteiger partial charge in [0, 0.05) is 28.4 Å². The van der Waals surface area contributed by atoms with Gasteiger partial charge in [-0.3, -0.25) is 10.00 Å². The van der Waals surface area contributed by atoms with Crippen molar-refractivity contribution in [2.45, 2.75) is 57.7 Å². The molecule has 9 nitrogen and oxygen atoms in total. The van der Waals surface area contributed by atoms with Crippen molar-refractivity contribution in [3.05, 3.63) is 36.7 Å². The lowest BCUT2D eigenvalue weighted by atomic mass is 9.77. The van der Waals surface area contributed by atoms with Crippen LogP contribution in [-0.4, -0.2) is 63.5 Å². The molecular weight excluding hydrogens is 404 g/mol. The van der Waals surface area contributed by atoms with E-state index in [4.69, 9.17) is 0 Å². The highest BCUT2D eigenvalue weighted by Crippen LogP contribution is 2.42. The SMILES string of the molecule is CN1C(C)(C)CC(n2nnc3cc(-c4ccc(-c5cn[nH]c5)cc4O)nnc32)CC1(C)C. The number of hydrogen-bond donors (Lipinski definition) is 2. The number of aromatic hydroxyl groups is 1. The predicted octanol–water partition coefficient (Wildman–Crippen LogP) is 3.81. The fourth-order valence-electron chi connectivity index (χ4n) is 4.96. The Morgan fingerprint density at radius 2 is 1.75 bits per heavy atom.